The number of hydrogen-bond donors (Lipinski definition) is 2. The molecule has 1 unspecified atom stereocenters. The molecule has 0 radical (unpaired) electrons. The van der Waals surface area contributed by atoms with Crippen LogP contribution in [0, 0.1) is 13.8 Å². The van der Waals surface area contributed by atoms with Crippen LogP contribution in [0.4, 0.5) is 0 Å². The molecule has 5 aromatic rings. The van der Waals surface area contributed by atoms with E-state index in [9.17, 15) is 9.59 Å². The average Bonchev–Trinajstić information content (AvgIpc) is 3.37. The second kappa shape index (κ2) is 11.1. The van der Waals surface area contributed by atoms with Gasteiger partial charge in [0.1, 0.15) is 6.33 Å². The van der Waals surface area contributed by atoms with Gasteiger partial charge in [-0.15, -0.1) is 0 Å². The van der Waals surface area contributed by atoms with E-state index in [-0.39, 0.29) is 24.1 Å². The summed E-state index contributed by atoms with van der Waals surface area (Å²) < 4.78 is 1.74. The molecule has 196 valence electrons. The number of imidazole rings is 1. The van der Waals surface area contributed by atoms with Gasteiger partial charge in [-0.2, -0.15) is 0 Å². The molecule has 0 saturated heterocycles. The summed E-state index contributed by atoms with van der Waals surface area (Å²) in [6, 6.07) is 25.5. The molecule has 2 heterocycles. The van der Waals surface area contributed by atoms with Crippen molar-refractivity contribution in [1.29, 1.82) is 0 Å². The van der Waals surface area contributed by atoms with Crippen LogP contribution in [0.5, 0.6) is 0 Å². The number of hydrogen-bond acceptors (Lipinski definition) is 4. The number of aromatic nitrogens is 3. The van der Waals surface area contributed by atoms with Gasteiger partial charge in [0.15, 0.2) is 11.3 Å². The number of fused-ring (bicyclic) bond motifs is 1. The number of aryl methyl sites for hydroxylation is 2. The highest BCUT2D eigenvalue weighted by molar-refractivity contribution is 6.30. The van der Waals surface area contributed by atoms with Gasteiger partial charge < -0.3 is 11.1 Å². The quantitative estimate of drug-likeness (QED) is 0.269. The number of primary amides is 1. The number of benzene rings is 3. The molecule has 3 aromatic carbocycles. The third-order valence-electron chi connectivity index (χ3n) is 6.92. The van der Waals surface area contributed by atoms with Crippen LogP contribution in [0.25, 0.3) is 16.8 Å². The molecular weight excluding hydrogens is 510 g/mol. The minimum absolute atomic E-state index is 0.0950. The first-order chi connectivity index (χ1) is 18.8. The summed E-state index contributed by atoms with van der Waals surface area (Å²) in [5, 5.41) is 3.86. The maximum Gasteiger partial charge on any atom is 0.271 e. The van der Waals surface area contributed by atoms with E-state index < -0.39 is 5.91 Å². The number of nitrogens with two attached hydrogens (primary N) is 1. The number of halogens is 1. The van der Waals surface area contributed by atoms with E-state index in [4.69, 9.17) is 17.3 Å². The van der Waals surface area contributed by atoms with Gasteiger partial charge in [0.2, 0.25) is 5.91 Å². The fourth-order valence-corrected chi connectivity index (χ4v) is 5.00. The second-order valence-electron chi connectivity index (χ2n) is 9.46. The Morgan fingerprint density at radius 3 is 2.38 bits per heavy atom. The molecule has 0 aliphatic carbocycles. The zero-order valence-electron chi connectivity index (χ0n) is 21.7. The van der Waals surface area contributed by atoms with Crippen molar-refractivity contribution < 1.29 is 9.59 Å². The highest BCUT2D eigenvalue weighted by Crippen LogP contribution is 2.28. The number of carbonyl (C=O) groups is 2. The van der Waals surface area contributed by atoms with Crippen molar-refractivity contribution in [1.82, 2.24) is 19.7 Å². The fourth-order valence-electron chi connectivity index (χ4n) is 4.88. The third-order valence-corrected chi connectivity index (χ3v) is 7.17. The van der Waals surface area contributed by atoms with Crippen LogP contribution in [0.1, 0.15) is 51.0 Å². The summed E-state index contributed by atoms with van der Waals surface area (Å²) in [7, 11) is 0. The van der Waals surface area contributed by atoms with Gasteiger partial charge in [-0.1, -0.05) is 72.3 Å². The Morgan fingerprint density at radius 1 is 0.949 bits per heavy atom. The Balaban J connectivity index is 1.40. The topological polar surface area (TPSA) is 102 Å². The summed E-state index contributed by atoms with van der Waals surface area (Å²) >= 11 is 6.16. The van der Waals surface area contributed by atoms with Crippen LogP contribution < -0.4 is 11.1 Å². The summed E-state index contributed by atoms with van der Waals surface area (Å²) in [4.78, 5) is 33.7. The highest BCUT2D eigenvalue weighted by Gasteiger charge is 2.20. The predicted molar refractivity (Wildman–Crippen MR) is 153 cm³/mol. The summed E-state index contributed by atoms with van der Waals surface area (Å²) in [6.45, 7) is 3.79. The van der Waals surface area contributed by atoms with E-state index in [1.54, 1.807) is 4.40 Å². The summed E-state index contributed by atoms with van der Waals surface area (Å²) in [5.74, 6) is -0.720. The lowest BCUT2D eigenvalue weighted by Gasteiger charge is -2.21. The lowest BCUT2D eigenvalue weighted by molar-refractivity contribution is -0.121. The molecule has 0 aliphatic rings. The summed E-state index contributed by atoms with van der Waals surface area (Å²) in [6.07, 6.45) is 2.28. The van der Waals surface area contributed by atoms with E-state index in [0.717, 1.165) is 39.2 Å². The van der Waals surface area contributed by atoms with Gasteiger partial charge >= 0.3 is 0 Å². The molecule has 8 heteroatoms. The Morgan fingerprint density at radius 2 is 1.67 bits per heavy atom. The molecule has 0 aliphatic heterocycles. The zero-order valence-corrected chi connectivity index (χ0v) is 22.4. The van der Waals surface area contributed by atoms with Crippen molar-refractivity contribution in [2.45, 2.75) is 32.7 Å². The van der Waals surface area contributed by atoms with E-state index in [1.165, 1.54) is 6.33 Å². The molecule has 2 aromatic heterocycles. The van der Waals surface area contributed by atoms with E-state index in [2.05, 4.69) is 39.6 Å². The third kappa shape index (κ3) is 5.54. The Kier molecular flexibility index (Phi) is 7.43. The first kappa shape index (κ1) is 26.1. The van der Waals surface area contributed by atoms with Crippen LogP contribution in [0.3, 0.4) is 0 Å². The van der Waals surface area contributed by atoms with E-state index in [1.807, 2.05) is 68.4 Å². The molecule has 7 nitrogen and oxygen atoms in total. The fraction of sp³-hybridized carbons (Fsp3) is 0.161. The maximum atomic E-state index is 13.3. The van der Waals surface area contributed by atoms with Crippen LogP contribution in [-0.4, -0.2) is 26.2 Å². The Labute approximate surface area is 231 Å². The molecule has 0 bridgehead atoms. The van der Waals surface area contributed by atoms with Gasteiger partial charge in [-0.25, -0.2) is 9.97 Å². The van der Waals surface area contributed by atoms with Gasteiger partial charge in [0.25, 0.3) is 5.91 Å². The minimum Gasteiger partial charge on any atom is -0.364 e. The highest BCUT2D eigenvalue weighted by atomic mass is 35.5. The largest absolute Gasteiger partial charge is 0.364 e. The number of rotatable bonds is 8. The summed E-state index contributed by atoms with van der Waals surface area (Å²) in [5.41, 5.74) is 12.6. The van der Waals surface area contributed by atoms with Gasteiger partial charge in [-0.05, 0) is 66.3 Å². The first-order valence-corrected chi connectivity index (χ1v) is 13.0. The van der Waals surface area contributed by atoms with Crippen molar-refractivity contribution in [3.63, 3.8) is 0 Å². The Bertz CT molecular complexity index is 1660. The second-order valence-corrected chi connectivity index (χ2v) is 9.89. The van der Waals surface area contributed by atoms with Gasteiger partial charge in [0.05, 0.1) is 6.04 Å². The average molecular weight is 538 g/mol. The normalized spacial score (nSPS) is 11.9. The van der Waals surface area contributed by atoms with Crippen LogP contribution >= 0.6 is 11.6 Å². The van der Waals surface area contributed by atoms with Crippen molar-refractivity contribution in [2.75, 3.05) is 0 Å². The first-order valence-electron chi connectivity index (χ1n) is 12.6. The molecule has 5 rings (SSSR count). The predicted octanol–water partition coefficient (Wildman–Crippen LogP) is 5.60. The smallest absolute Gasteiger partial charge is 0.271 e. The SMILES string of the molecule is Cc1nc2c(C(N)=O)ncn2c(C)c1CCC(=O)NC(c1ccc(Cl)cc1)c1cccc(-c2ccccc2)c1. The number of carbonyl (C=O) groups excluding carboxylic acids is 2. The van der Waals surface area contributed by atoms with E-state index in [0.29, 0.717) is 17.1 Å². The van der Waals surface area contributed by atoms with Crippen LogP contribution in [0.15, 0.2) is 85.2 Å². The minimum atomic E-state index is -0.625. The zero-order chi connectivity index (χ0) is 27.5. The monoisotopic (exact) mass is 537 g/mol. The molecular formula is C31H28ClN5O2. The molecule has 0 spiro atoms. The lowest BCUT2D eigenvalue weighted by atomic mass is 9.94. The lowest BCUT2D eigenvalue weighted by Crippen LogP contribution is -2.29. The molecule has 0 saturated carbocycles. The van der Waals surface area contributed by atoms with Gasteiger partial charge in [-0.3, -0.25) is 14.0 Å². The van der Waals surface area contributed by atoms with Crippen molar-refractivity contribution in [3.8, 4) is 11.1 Å². The number of amides is 2. The Hall–Kier alpha value is -4.49. The molecule has 1 atom stereocenters. The molecule has 0 fully saturated rings. The van der Waals surface area contributed by atoms with Crippen molar-refractivity contribution >= 4 is 29.1 Å². The van der Waals surface area contributed by atoms with Crippen LogP contribution in [0.2, 0.25) is 5.02 Å². The van der Waals surface area contributed by atoms with Crippen molar-refractivity contribution in [2.24, 2.45) is 5.73 Å². The van der Waals surface area contributed by atoms with E-state index >= 15 is 0 Å². The van der Waals surface area contributed by atoms with Gasteiger partial charge in [0, 0.05) is 22.8 Å². The molecule has 2 amide bonds. The number of nitrogens with one attached hydrogen (secondary N) is 1. The standard InChI is InChI=1S/C31H28ClN5O2/c1-19-26(20(2)37-18-34-29(30(33)39)31(37)35-19)15-16-27(38)36-28(22-11-13-25(32)14-12-22)24-10-6-9-23(17-24)21-7-4-3-5-8-21/h3-14,17-18,28H,15-16H2,1-2H3,(H2,33,39)(H,36,38). The molecule has 39 heavy (non-hydrogen) atoms. The number of nitrogens with zero attached hydrogens (tertiary/aromatic N) is 3. The molecule has 3 N–H and O–H groups in total. The van der Waals surface area contributed by atoms with Crippen molar-refractivity contribution in [3.05, 3.63) is 124 Å². The maximum absolute atomic E-state index is 13.3. The van der Waals surface area contributed by atoms with Crippen LogP contribution in [-0.2, 0) is 11.2 Å².